The van der Waals surface area contributed by atoms with Gasteiger partial charge in [0.05, 0.1) is 34.2 Å². The number of alkyl halides is 3. The molecule has 0 saturated carbocycles. The van der Waals surface area contributed by atoms with Gasteiger partial charge in [0.2, 0.25) is 11.8 Å². The molecule has 10 heteroatoms. The molecule has 6 rings (SSSR count). The number of carbonyl (C=O) groups is 3. The summed E-state index contributed by atoms with van der Waals surface area (Å²) in [5.74, 6) is -4.01. The summed E-state index contributed by atoms with van der Waals surface area (Å²) in [5, 5.41) is 0.416. The molecule has 0 N–H and O–H groups in total. The van der Waals surface area contributed by atoms with Crippen LogP contribution in [0.2, 0.25) is 10.0 Å². The number of halogens is 5. The van der Waals surface area contributed by atoms with Crippen molar-refractivity contribution in [3.8, 4) is 0 Å². The van der Waals surface area contributed by atoms with Gasteiger partial charge >= 0.3 is 6.18 Å². The second-order valence-electron chi connectivity index (χ2n) is 9.38. The van der Waals surface area contributed by atoms with E-state index in [-0.39, 0.29) is 16.3 Å². The average Bonchev–Trinajstić information content (AvgIpc) is 3.35. The number of fused-ring (bicyclic) bond motifs is 5. The van der Waals surface area contributed by atoms with Crippen molar-refractivity contribution < 1.29 is 27.6 Å². The summed E-state index contributed by atoms with van der Waals surface area (Å²) in [6, 6.07) is 14.0. The first kappa shape index (κ1) is 24.7. The van der Waals surface area contributed by atoms with Crippen LogP contribution in [0.25, 0.3) is 6.08 Å². The molecule has 2 fully saturated rings. The van der Waals surface area contributed by atoms with E-state index in [2.05, 4.69) is 0 Å². The first-order valence-electron chi connectivity index (χ1n) is 11.7. The molecule has 3 aromatic carbocycles. The molecule has 38 heavy (non-hydrogen) atoms. The van der Waals surface area contributed by atoms with E-state index in [1.165, 1.54) is 24.3 Å². The maximum Gasteiger partial charge on any atom is 0.416 e. The zero-order valence-corrected chi connectivity index (χ0v) is 20.8. The van der Waals surface area contributed by atoms with E-state index in [0.717, 1.165) is 34.2 Å². The summed E-state index contributed by atoms with van der Waals surface area (Å²) in [7, 11) is 0. The zero-order chi connectivity index (χ0) is 26.9. The van der Waals surface area contributed by atoms with Crippen LogP contribution in [0.5, 0.6) is 0 Å². The molecular formula is C28H17Cl2F3N2O3. The average molecular weight is 557 g/mol. The molecule has 0 spiro atoms. The first-order chi connectivity index (χ1) is 18.1. The Balaban J connectivity index is 1.49. The van der Waals surface area contributed by atoms with Crippen LogP contribution in [0.1, 0.15) is 33.1 Å². The van der Waals surface area contributed by atoms with Crippen molar-refractivity contribution in [2.24, 2.45) is 11.8 Å². The molecule has 3 aliphatic rings. The number of Topliss-reactive ketones (excluding diaryl/α,β-unsaturated/α-hetero) is 1. The van der Waals surface area contributed by atoms with Gasteiger partial charge in [-0.3, -0.25) is 14.4 Å². The lowest BCUT2D eigenvalue weighted by atomic mass is 9.83. The first-order valence-corrected chi connectivity index (χ1v) is 12.4. The fourth-order valence-electron chi connectivity index (χ4n) is 5.78. The van der Waals surface area contributed by atoms with E-state index in [9.17, 15) is 27.6 Å². The molecule has 0 radical (unpaired) electrons. The SMILES string of the molecule is O=C(c1ccc(Cl)cc1Cl)[C@@H]1[C@@H]2C(=O)N(c3cccc(C(F)(F)F)c3)C(=O)[C@H]2[C@H]2c3ccccc3C=CN12. The number of anilines is 1. The maximum atomic E-state index is 13.9. The Bertz CT molecular complexity index is 1550. The number of amides is 2. The van der Waals surface area contributed by atoms with Gasteiger partial charge in [0, 0.05) is 16.8 Å². The highest BCUT2D eigenvalue weighted by molar-refractivity contribution is 6.37. The Labute approximate surface area is 225 Å². The molecule has 192 valence electrons. The topological polar surface area (TPSA) is 57.7 Å². The summed E-state index contributed by atoms with van der Waals surface area (Å²) < 4.78 is 40.3. The van der Waals surface area contributed by atoms with Crippen molar-refractivity contribution in [3.05, 3.63) is 105 Å². The van der Waals surface area contributed by atoms with Crippen molar-refractivity contribution in [1.29, 1.82) is 0 Å². The van der Waals surface area contributed by atoms with E-state index in [1.54, 1.807) is 23.2 Å². The van der Waals surface area contributed by atoms with Crippen LogP contribution < -0.4 is 4.90 Å². The molecule has 0 bridgehead atoms. The summed E-state index contributed by atoms with van der Waals surface area (Å²) in [6.45, 7) is 0. The van der Waals surface area contributed by atoms with Crippen molar-refractivity contribution in [3.63, 3.8) is 0 Å². The quantitative estimate of drug-likeness (QED) is 0.276. The lowest BCUT2D eigenvalue weighted by molar-refractivity contribution is -0.137. The second kappa shape index (κ2) is 8.71. The number of benzene rings is 3. The van der Waals surface area contributed by atoms with Gasteiger partial charge in [-0.05, 0) is 53.6 Å². The summed E-state index contributed by atoms with van der Waals surface area (Å²) >= 11 is 12.3. The van der Waals surface area contributed by atoms with Crippen LogP contribution in [-0.2, 0) is 15.8 Å². The predicted octanol–water partition coefficient (Wildman–Crippen LogP) is 6.41. The Morgan fingerprint density at radius 3 is 2.34 bits per heavy atom. The standard InChI is InChI=1S/C28H17Cl2F3N2O3/c29-16-8-9-19(20(30)13-16)25(36)24-22-21(23-18-7-2-1-4-14(18)10-11-34(23)24)26(37)35(27(22)38)17-6-3-5-15(12-17)28(31,32)33/h1-13,21-24H/t21-,22-,23-,24+/m1/s1. The molecular weight excluding hydrogens is 540 g/mol. The number of carbonyl (C=O) groups excluding carboxylic acids is 3. The van der Waals surface area contributed by atoms with Crippen molar-refractivity contribution in [1.82, 2.24) is 4.90 Å². The lowest BCUT2D eigenvalue weighted by Crippen LogP contribution is -2.44. The highest BCUT2D eigenvalue weighted by atomic mass is 35.5. The summed E-state index contributed by atoms with van der Waals surface area (Å²) in [5.41, 5.74) is 0.523. The van der Waals surface area contributed by atoms with Gasteiger partial charge in [-0.25, -0.2) is 4.90 Å². The predicted molar refractivity (Wildman–Crippen MR) is 136 cm³/mol. The largest absolute Gasteiger partial charge is 0.416 e. The molecule has 2 saturated heterocycles. The van der Waals surface area contributed by atoms with Crippen LogP contribution in [0, 0.1) is 11.8 Å². The number of imide groups is 1. The molecule has 0 aliphatic carbocycles. The van der Waals surface area contributed by atoms with Crippen molar-refractivity contribution >= 4 is 52.6 Å². The molecule has 0 aromatic heterocycles. The Kier molecular flexibility index (Phi) is 5.66. The third kappa shape index (κ3) is 3.66. The van der Waals surface area contributed by atoms with E-state index in [4.69, 9.17) is 23.2 Å². The minimum Gasteiger partial charge on any atom is -0.358 e. The van der Waals surface area contributed by atoms with Gasteiger partial charge in [0.25, 0.3) is 0 Å². The zero-order valence-electron chi connectivity index (χ0n) is 19.3. The van der Waals surface area contributed by atoms with Gasteiger partial charge in [-0.2, -0.15) is 13.2 Å². The lowest BCUT2D eigenvalue weighted by Gasteiger charge is -2.35. The fraction of sp³-hybridized carbons (Fsp3) is 0.179. The van der Waals surface area contributed by atoms with E-state index >= 15 is 0 Å². The van der Waals surface area contributed by atoms with Crippen LogP contribution in [0.4, 0.5) is 18.9 Å². The fourth-order valence-corrected chi connectivity index (χ4v) is 6.28. The molecule has 5 nitrogen and oxygen atoms in total. The highest BCUT2D eigenvalue weighted by Gasteiger charge is 2.64. The third-order valence-electron chi connectivity index (χ3n) is 7.36. The Hall–Kier alpha value is -3.62. The number of hydrogen-bond donors (Lipinski definition) is 0. The number of rotatable bonds is 3. The smallest absolute Gasteiger partial charge is 0.358 e. The molecule has 2 amide bonds. The molecule has 0 unspecified atom stereocenters. The van der Waals surface area contributed by atoms with E-state index in [0.29, 0.717) is 5.02 Å². The van der Waals surface area contributed by atoms with Crippen LogP contribution in [-0.4, -0.2) is 28.5 Å². The Morgan fingerprint density at radius 2 is 1.61 bits per heavy atom. The summed E-state index contributed by atoms with van der Waals surface area (Å²) in [4.78, 5) is 44.1. The van der Waals surface area contributed by atoms with Crippen molar-refractivity contribution in [2.75, 3.05) is 4.90 Å². The second-order valence-corrected chi connectivity index (χ2v) is 10.2. The minimum atomic E-state index is -4.66. The highest BCUT2D eigenvalue weighted by Crippen LogP contribution is 2.54. The van der Waals surface area contributed by atoms with Crippen LogP contribution in [0.3, 0.4) is 0 Å². The number of hydrogen-bond acceptors (Lipinski definition) is 4. The van der Waals surface area contributed by atoms with Gasteiger partial charge in [-0.15, -0.1) is 0 Å². The van der Waals surface area contributed by atoms with Crippen molar-refractivity contribution in [2.45, 2.75) is 18.3 Å². The van der Waals surface area contributed by atoms with Crippen LogP contribution >= 0.6 is 23.2 Å². The monoisotopic (exact) mass is 556 g/mol. The maximum absolute atomic E-state index is 13.9. The number of nitrogens with zero attached hydrogens (tertiary/aromatic N) is 2. The van der Waals surface area contributed by atoms with E-state index < -0.39 is 53.3 Å². The molecule has 4 atom stereocenters. The molecule has 3 aromatic rings. The normalized spacial score (nSPS) is 23.9. The Morgan fingerprint density at radius 1 is 0.868 bits per heavy atom. The van der Waals surface area contributed by atoms with Gasteiger partial charge in [-0.1, -0.05) is 53.5 Å². The van der Waals surface area contributed by atoms with E-state index in [1.807, 2.05) is 18.2 Å². The number of ketones is 1. The van der Waals surface area contributed by atoms with Gasteiger partial charge < -0.3 is 4.90 Å². The molecule has 3 heterocycles. The minimum absolute atomic E-state index is 0.0930. The van der Waals surface area contributed by atoms with Gasteiger partial charge in [0.1, 0.15) is 6.04 Å². The molecule has 3 aliphatic heterocycles. The van der Waals surface area contributed by atoms with Gasteiger partial charge in [0.15, 0.2) is 5.78 Å². The third-order valence-corrected chi connectivity index (χ3v) is 7.91. The van der Waals surface area contributed by atoms with Crippen LogP contribution in [0.15, 0.2) is 72.9 Å². The summed E-state index contributed by atoms with van der Waals surface area (Å²) in [6.07, 6.45) is -1.17.